The number of carboxylic acids is 1. The minimum absolute atomic E-state index is 0.145. The maximum atomic E-state index is 12.3. The second-order valence-electron chi connectivity index (χ2n) is 3.94. The minimum Gasteiger partial charge on any atom is -0.481 e. The molecule has 98 valence electrons. The third kappa shape index (κ3) is 3.55. The monoisotopic (exact) mass is 250 g/mol. The molecule has 1 unspecified atom stereocenters. The molecule has 5 heteroatoms. The Bertz CT molecular complexity index is 402. The average molecular weight is 250 g/mol. The van der Waals surface area contributed by atoms with Gasteiger partial charge in [0, 0.05) is 25.5 Å². The SMILES string of the molecule is CCN(CC)C(=O)C(CC(=O)O)c1ccncc1. The quantitative estimate of drug-likeness (QED) is 0.830. The summed E-state index contributed by atoms with van der Waals surface area (Å²) in [6.45, 7) is 4.92. The molecule has 0 aromatic carbocycles. The molecule has 0 aliphatic carbocycles. The molecule has 1 aromatic heterocycles. The smallest absolute Gasteiger partial charge is 0.304 e. The first-order chi connectivity index (χ1) is 8.60. The van der Waals surface area contributed by atoms with E-state index in [1.54, 1.807) is 29.4 Å². The number of hydrogen-bond acceptors (Lipinski definition) is 3. The maximum Gasteiger partial charge on any atom is 0.304 e. The maximum absolute atomic E-state index is 12.3. The molecule has 5 nitrogen and oxygen atoms in total. The average Bonchev–Trinajstić information content (AvgIpc) is 2.38. The van der Waals surface area contributed by atoms with Gasteiger partial charge in [0.1, 0.15) is 0 Å². The highest BCUT2D eigenvalue weighted by molar-refractivity contribution is 5.87. The number of aromatic nitrogens is 1. The Morgan fingerprint density at radius 3 is 2.28 bits per heavy atom. The molecule has 0 bridgehead atoms. The van der Waals surface area contributed by atoms with Crippen molar-refractivity contribution >= 4 is 11.9 Å². The van der Waals surface area contributed by atoms with Crippen molar-refractivity contribution in [3.63, 3.8) is 0 Å². The molecule has 0 radical (unpaired) electrons. The third-order valence-electron chi connectivity index (χ3n) is 2.86. The van der Waals surface area contributed by atoms with Gasteiger partial charge in [-0.2, -0.15) is 0 Å². The molecule has 1 atom stereocenters. The van der Waals surface area contributed by atoms with Crippen LogP contribution < -0.4 is 0 Å². The van der Waals surface area contributed by atoms with E-state index in [-0.39, 0.29) is 12.3 Å². The summed E-state index contributed by atoms with van der Waals surface area (Å²) < 4.78 is 0. The Balaban J connectivity index is 2.98. The van der Waals surface area contributed by atoms with Gasteiger partial charge in [-0.3, -0.25) is 14.6 Å². The summed E-state index contributed by atoms with van der Waals surface area (Å²) in [5.41, 5.74) is 0.698. The third-order valence-corrected chi connectivity index (χ3v) is 2.86. The van der Waals surface area contributed by atoms with Crippen molar-refractivity contribution in [1.82, 2.24) is 9.88 Å². The second kappa shape index (κ2) is 6.74. The van der Waals surface area contributed by atoms with Crippen LogP contribution in [0.2, 0.25) is 0 Å². The van der Waals surface area contributed by atoms with Gasteiger partial charge in [-0.15, -0.1) is 0 Å². The standard InChI is InChI=1S/C13H18N2O3/c1-3-15(4-2)13(18)11(9-12(16)17)10-5-7-14-8-6-10/h5-8,11H,3-4,9H2,1-2H3,(H,16,17). The lowest BCUT2D eigenvalue weighted by Crippen LogP contribution is -2.35. The predicted octanol–water partition coefficient (Wildman–Crippen LogP) is 1.51. The van der Waals surface area contributed by atoms with Gasteiger partial charge in [0.05, 0.1) is 12.3 Å². The van der Waals surface area contributed by atoms with Crippen molar-refractivity contribution in [2.24, 2.45) is 0 Å². The van der Waals surface area contributed by atoms with Crippen LogP contribution in [0.25, 0.3) is 0 Å². The molecule has 0 aliphatic heterocycles. The molecular formula is C13H18N2O3. The highest BCUT2D eigenvalue weighted by Gasteiger charge is 2.26. The Morgan fingerprint density at radius 2 is 1.83 bits per heavy atom. The summed E-state index contributed by atoms with van der Waals surface area (Å²) >= 11 is 0. The molecule has 0 spiro atoms. The van der Waals surface area contributed by atoms with Crippen molar-refractivity contribution in [3.05, 3.63) is 30.1 Å². The number of carboxylic acid groups (broad SMARTS) is 1. The second-order valence-corrected chi connectivity index (χ2v) is 3.94. The minimum atomic E-state index is -0.975. The summed E-state index contributed by atoms with van der Waals surface area (Å²) in [7, 11) is 0. The first-order valence-corrected chi connectivity index (χ1v) is 6.00. The van der Waals surface area contributed by atoms with Gasteiger partial charge in [0.25, 0.3) is 0 Å². The van der Waals surface area contributed by atoms with Crippen LogP contribution in [-0.2, 0) is 9.59 Å². The number of amides is 1. The van der Waals surface area contributed by atoms with E-state index < -0.39 is 11.9 Å². The highest BCUT2D eigenvalue weighted by Crippen LogP contribution is 2.21. The number of aliphatic carboxylic acids is 1. The highest BCUT2D eigenvalue weighted by atomic mass is 16.4. The number of rotatable bonds is 6. The Morgan fingerprint density at radius 1 is 1.28 bits per heavy atom. The van der Waals surface area contributed by atoms with Crippen molar-refractivity contribution < 1.29 is 14.7 Å². The van der Waals surface area contributed by atoms with Crippen molar-refractivity contribution in [2.75, 3.05) is 13.1 Å². The van der Waals surface area contributed by atoms with E-state index in [9.17, 15) is 9.59 Å². The largest absolute Gasteiger partial charge is 0.481 e. The zero-order valence-corrected chi connectivity index (χ0v) is 10.7. The molecule has 18 heavy (non-hydrogen) atoms. The zero-order valence-electron chi connectivity index (χ0n) is 10.7. The Labute approximate surface area is 106 Å². The van der Waals surface area contributed by atoms with Gasteiger partial charge in [0.15, 0.2) is 0 Å². The molecule has 0 aliphatic rings. The van der Waals surface area contributed by atoms with Gasteiger partial charge in [0.2, 0.25) is 5.91 Å². The summed E-state index contributed by atoms with van der Waals surface area (Å²) in [5.74, 6) is -1.75. The van der Waals surface area contributed by atoms with Crippen LogP contribution in [0.5, 0.6) is 0 Å². The van der Waals surface area contributed by atoms with Gasteiger partial charge in [-0.1, -0.05) is 0 Å². The topological polar surface area (TPSA) is 70.5 Å². The van der Waals surface area contributed by atoms with Crippen LogP contribution in [0.15, 0.2) is 24.5 Å². The number of likely N-dealkylation sites (N-methyl/N-ethyl adjacent to an activating group) is 1. The molecule has 0 saturated heterocycles. The summed E-state index contributed by atoms with van der Waals surface area (Å²) in [4.78, 5) is 28.7. The fourth-order valence-electron chi connectivity index (χ4n) is 1.87. The van der Waals surface area contributed by atoms with E-state index >= 15 is 0 Å². The van der Waals surface area contributed by atoms with E-state index in [2.05, 4.69) is 4.98 Å². The van der Waals surface area contributed by atoms with E-state index in [0.717, 1.165) is 0 Å². The van der Waals surface area contributed by atoms with Crippen LogP contribution in [0.4, 0.5) is 0 Å². The number of carbonyl (C=O) groups excluding carboxylic acids is 1. The lowest BCUT2D eigenvalue weighted by molar-refractivity contribution is -0.142. The van der Waals surface area contributed by atoms with Gasteiger partial charge in [-0.05, 0) is 31.5 Å². The Hall–Kier alpha value is -1.91. The summed E-state index contributed by atoms with van der Waals surface area (Å²) in [6, 6.07) is 3.38. The fraction of sp³-hybridized carbons (Fsp3) is 0.462. The van der Waals surface area contributed by atoms with Crippen LogP contribution in [0.3, 0.4) is 0 Å². The van der Waals surface area contributed by atoms with Crippen LogP contribution >= 0.6 is 0 Å². The Kier molecular flexibility index (Phi) is 5.30. The predicted molar refractivity (Wildman–Crippen MR) is 67.2 cm³/mol. The molecule has 1 aromatic rings. The summed E-state index contributed by atoms with van der Waals surface area (Å²) in [6.07, 6.45) is 2.94. The molecule has 1 heterocycles. The molecular weight excluding hydrogens is 232 g/mol. The van der Waals surface area contributed by atoms with Crippen molar-refractivity contribution in [2.45, 2.75) is 26.2 Å². The van der Waals surface area contributed by atoms with E-state index in [1.165, 1.54) is 0 Å². The molecule has 1 amide bonds. The zero-order chi connectivity index (χ0) is 13.5. The molecule has 1 N–H and O–H groups in total. The number of pyridine rings is 1. The van der Waals surface area contributed by atoms with E-state index in [4.69, 9.17) is 5.11 Å². The van der Waals surface area contributed by atoms with Crippen LogP contribution in [0.1, 0.15) is 31.7 Å². The van der Waals surface area contributed by atoms with Gasteiger partial charge in [-0.25, -0.2) is 0 Å². The number of carbonyl (C=O) groups is 2. The molecule has 0 saturated carbocycles. The number of hydrogen-bond donors (Lipinski definition) is 1. The van der Waals surface area contributed by atoms with Crippen LogP contribution in [0, 0.1) is 0 Å². The van der Waals surface area contributed by atoms with Crippen molar-refractivity contribution in [3.8, 4) is 0 Å². The van der Waals surface area contributed by atoms with Crippen molar-refractivity contribution in [1.29, 1.82) is 0 Å². The first-order valence-electron chi connectivity index (χ1n) is 6.00. The fourth-order valence-corrected chi connectivity index (χ4v) is 1.87. The van der Waals surface area contributed by atoms with Crippen LogP contribution in [-0.4, -0.2) is 40.0 Å². The molecule has 0 fully saturated rings. The lowest BCUT2D eigenvalue weighted by atomic mass is 9.95. The number of nitrogens with zero attached hydrogens (tertiary/aromatic N) is 2. The normalized spacial score (nSPS) is 11.9. The summed E-state index contributed by atoms with van der Waals surface area (Å²) in [5, 5.41) is 8.93. The van der Waals surface area contributed by atoms with E-state index in [0.29, 0.717) is 18.7 Å². The van der Waals surface area contributed by atoms with E-state index in [1.807, 2.05) is 13.8 Å². The van der Waals surface area contributed by atoms with Gasteiger partial charge >= 0.3 is 5.97 Å². The first kappa shape index (κ1) is 14.2. The van der Waals surface area contributed by atoms with Gasteiger partial charge < -0.3 is 10.0 Å². The molecule has 1 rings (SSSR count). The lowest BCUT2D eigenvalue weighted by Gasteiger charge is -2.24.